The number of likely N-dealkylation sites (tertiary alicyclic amines) is 2. The van der Waals surface area contributed by atoms with Crippen LogP contribution >= 0.6 is 0 Å². The van der Waals surface area contributed by atoms with Crippen LogP contribution in [0.3, 0.4) is 0 Å². The predicted molar refractivity (Wildman–Crippen MR) is 186 cm³/mol. The maximum Gasteiger partial charge on any atom is 0.408 e. The molecule has 256 valence electrons. The van der Waals surface area contributed by atoms with Crippen molar-refractivity contribution in [3.05, 3.63) is 72.4 Å². The number of carboxylic acid groups (broad SMARTS) is 1. The van der Waals surface area contributed by atoms with Gasteiger partial charge in [-0.25, -0.2) is 19.6 Å². The summed E-state index contributed by atoms with van der Waals surface area (Å²) in [5.41, 5.74) is 5.65. The minimum absolute atomic E-state index is 0.0921. The Morgan fingerprint density at radius 2 is 1.48 bits per heavy atom. The molecule has 0 spiro atoms. The van der Waals surface area contributed by atoms with Crippen LogP contribution in [0.5, 0.6) is 0 Å². The second-order valence-electron chi connectivity index (χ2n) is 14.7. The number of hydrogen-bond acceptors (Lipinski definition) is 6. The molecule has 5 aromatic rings. The molecule has 4 N–H and O–H groups in total. The van der Waals surface area contributed by atoms with Crippen molar-refractivity contribution in [3.63, 3.8) is 0 Å². The van der Waals surface area contributed by atoms with E-state index in [1.54, 1.807) is 4.90 Å². The van der Waals surface area contributed by atoms with E-state index in [0.717, 1.165) is 81.5 Å². The molecule has 7 atom stereocenters. The summed E-state index contributed by atoms with van der Waals surface area (Å²) < 4.78 is 4.79. The molecule has 9 rings (SSSR count). The largest absolute Gasteiger partial charge is 0.465 e. The summed E-state index contributed by atoms with van der Waals surface area (Å²) in [4.78, 5) is 57.7. The van der Waals surface area contributed by atoms with E-state index < -0.39 is 18.2 Å². The summed E-state index contributed by atoms with van der Waals surface area (Å²) in [5, 5.41) is 14.7. The zero-order chi connectivity index (χ0) is 34.4. The quantitative estimate of drug-likeness (QED) is 0.151. The average molecular weight is 674 g/mol. The number of carbonyl (C=O) groups is 3. The number of nitrogens with one attached hydrogen (secondary N) is 3. The highest BCUT2D eigenvalue weighted by atomic mass is 16.5. The molecule has 12 heteroatoms. The van der Waals surface area contributed by atoms with Gasteiger partial charge in [-0.15, -0.1) is 0 Å². The van der Waals surface area contributed by atoms with Crippen LogP contribution < -0.4 is 5.32 Å². The number of alkyl carbamates (subject to hydrolysis) is 1. The number of piperidine rings is 2. The van der Waals surface area contributed by atoms with Crippen molar-refractivity contribution in [3.8, 4) is 22.4 Å². The standard InChI is InChI=1S/C38H39N7O5/c1-18(2)33(43-37(47)50-3)36(46)44-29-13-24(29)15-31(44)34-39-17-28(42-34)23-7-6-19-10-20(4-5-21(19)11-23)22-8-9-26-27(12-22)41-35(40-26)32-16-25-14-30(25)45(32)38(48)49/h4-12,17-18,24-25,29-33H,13-16H2,1-3H3,(H,39,42)(H,40,41)(H,43,47)(H,48,49)/t24-,25?,29-,30?,31+,32?,33+/m1/s1. The van der Waals surface area contributed by atoms with E-state index in [1.807, 2.05) is 31.0 Å². The molecule has 3 amide bonds. The van der Waals surface area contributed by atoms with Gasteiger partial charge in [-0.1, -0.05) is 44.2 Å². The Hall–Kier alpha value is -5.39. The number of H-pyrrole nitrogens is 2. The van der Waals surface area contributed by atoms with Gasteiger partial charge in [-0.05, 0) is 89.6 Å². The Bertz CT molecular complexity index is 2190. The molecular weight excluding hydrogens is 634 g/mol. The molecule has 2 aliphatic heterocycles. The van der Waals surface area contributed by atoms with Gasteiger partial charge >= 0.3 is 12.2 Å². The summed E-state index contributed by atoms with van der Waals surface area (Å²) in [6.07, 6.45) is 4.04. The van der Waals surface area contributed by atoms with Crippen molar-refractivity contribution in [1.82, 2.24) is 35.1 Å². The molecule has 4 aliphatic rings. The number of benzene rings is 3. The molecule has 2 saturated heterocycles. The highest BCUT2D eigenvalue weighted by molar-refractivity contribution is 5.92. The third-order valence-electron chi connectivity index (χ3n) is 11.3. The zero-order valence-corrected chi connectivity index (χ0v) is 28.1. The van der Waals surface area contributed by atoms with E-state index in [1.165, 1.54) is 7.11 Å². The minimum atomic E-state index is -0.872. The van der Waals surface area contributed by atoms with E-state index in [-0.39, 0.29) is 36.0 Å². The van der Waals surface area contributed by atoms with E-state index >= 15 is 0 Å². The number of amides is 3. The van der Waals surface area contributed by atoms with Crippen molar-refractivity contribution >= 4 is 39.9 Å². The SMILES string of the molecule is COC(=O)N[C@H](C(=O)N1[C@@H]2C[C@@H]2C[C@H]1c1nc(-c2ccc3cc(-c4ccc5nc(C6CC7CC7N6C(=O)O)[nH]c5c4)ccc3c2)c[nH]1)C(C)C. The maximum absolute atomic E-state index is 13.8. The maximum atomic E-state index is 13.8. The molecule has 3 aromatic carbocycles. The first-order chi connectivity index (χ1) is 24.2. The lowest BCUT2D eigenvalue weighted by atomic mass is 9.99. The fraction of sp³-hybridized carbons (Fsp3) is 0.395. The number of ether oxygens (including phenoxy) is 1. The van der Waals surface area contributed by atoms with Gasteiger partial charge < -0.3 is 30.0 Å². The summed E-state index contributed by atoms with van der Waals surface area (Å²) >= 11 is 0. The molecule has 2 aromatic heterocycles. The summed E-state index contributed by atoms with van der Waals surface area (Å²) in [7, 11) is 1.30. The Balaban J connectivity index is 0.942. The van der Waals surface area contributed by atoms with Crippen molar-refractivity contribution < 1.29 is 24.2 Å². The molecule has 2 aliphatic carbocycles. The van der Waals surface area contributed by atoms with Gasteiger partial charge in [-0.2, -0.15) is 0 Å². The number of hydrogen-bond donors (Lipinski definition) is 4. The minimum Gasteiger partial charge on any atom is -0.465 e. The zero-order valence-electron chi connectivity index (χ0n) is 28.1. The summed E-state index contributed by atoms with van der Waals surface area (Å²) in [6, 6.07) is 18.1. The Labute approximate surface area is 288 Å². The Kier molecular flexibility index (Phi) is 6.94. The van der Waals surface area contributed by atoms with Gasteiger partial charge in [0.15, 0.2) is 0 Å². The molecular formula is C38H39N7O5. The van der Waals surface area contributed by atoms with Crippen LogP contribution in [0.1, 0.15) is 63.3 Å². The van der Waals surface area contributed by atoms with Crippen LogP contribution in [0.25, 0.3) is 44.2 Å². The summed E-state index contributed by atoms with van der Waals surface area (Å²) in [5.74, 6) is 2.20. The lowest BCUT2D eigenvalue weighted by Gasteiger charge is -2.31. The van der Waals surface area contributed by atoms with Crippen LogP contribution in [0.4, 0.5) is 9.59 Å². The van der Waals surface area contributed by atoms with E-state index in [9.17, 15) is 19.5 Å². The van der Waals surface area contributed by atoms with Crippen LogP contribution in [-0.2, 0) is 9.53 Å². The van der Waals surface area contributed by atoms with Gasteiger partial charge in [0.05, 0.1) is 35.9 Å². The Morgan fingerprint density at radius 1 is 0.840 bits per heavy atom. The molecule has 4 fully saturated rings. The Morgan fingerprint density at radius 3 is 2.18 bits per heavy atom. The highest BCUT2D eigenvalue weighted by Gasteiger charge is 2.57. The fourth-order valence-electron chi connectivity index (χ4n) is 8.46. The molecule has 12 nitrogen and oxygen atoms in total. The monoisotopic (exact) mass is 673 g/mol. The molecule has 50 heavy (non-hydrogen) atoms. The first-order valence-electron chi connectivity index (χ1n) is 17.4. The number of aromatic nitrogens is 4. The molecule has 0 bridgehead atoms. The number of carbonyl (C=O) groups excluding carboxylic acids is 2. The second kappa shape index (κ2) is 11.3. The number of nitrogens with zero attached hydrogens (tertiary/aromatic N) is 4. The van der Waals surface area contributed by atoms with E-state index in [4.69, 9.17) is 14.7 Å². The third-order valence-corrected chi connectivity index (χ3v) is 11.3. The van der Waals surface area contributed by atoms with Crippen LogP contribution in [0, 0.1) is 17.8 Å². The van der Waals surface area contributed by atoms with Crippen molar-refractivity contribution in [2.24, 2.45) is 17.8 Å². The highest BCUT2D eigenvalue weighted by Crippen LogP contribution is 2.54. The average Bonchev–Trinajstić information content (AvgIpc) is 3.73. The smallest absolute Gasteiger partial charge is 0.408 e. The van der Waals surface area contributed by atoms with Gasteiger partial charge in [0.25, 0.3) is 0 Å². The number of methoxy groups -OCH3 is 1. The number of imidazole rings is 2. The third kappa shape index (κ3) is 5.07. The molecule has 2 saturated carbocycles. The number of aromatic amines is 2. The van der Waals surface area contributed by atoms with E-state index in [0.29, 0.717) is 11.8 Å². The van der Waals surface area contributed by atoms with Crippen LogP contribution in [0.15, 0.2) is 60.8 Å². The van der Waals surface area contributed by atoms with Gasteiger partial charge in [0, 0.05) is 23.8 Å². The van der Waals surface area contributed by atoms with Crippen molar-refractivity contribution in [2.75, 3.05) is 7.11 Å². The predicted octanol–water partition coefficient (Wildman–Crippen LogP) is 6.63. The molecule has 4 heterocycles. The summed E-state index contributed by atoms with van der Waals surface area (Å²) in [6.45, 7) is 3.84. The molecule has 0 radical (unpaired) electrons. The second-order valence-corrected chi connectivity index (χ2v) is 14.7. The topological polar surface area (TPSA) is 157 Å². The first kappa shape index (κ1) is 30.7. The normalized spacial score (nSPS) is 25.5. The van der Waals surface area contributed by atoms with Gasteiger partial charge in [-0.3, -0.25) is 9.69 Å². The first-order valence-corrected chi connectivity index (χ1v) is 17.4. The fourth-order valence-corrected chi connectivity index (χ4v) is 8.46. The number of fused-ring (bicyclic) bond motifs is 4. The van der Waals surface area contributed by atoms with E-state index in [2.05, 4.69) is 63.8 Å². The van der Waals surface area contributed by atoms with Gasteiger partial charge in [0.1, 0.15) is 17.7 Å². The van der Waals surface area contributed by atoms with Crippen molar-refractivity contribution in [2.45, 2.75) is 69.7 Å². The lowest BCUT2D eigenvalue weighted by Crippen LogP contribution is -2.52. The molecule has 3 unspecified atom stereocenters. The van der Waals surface area contributed by atoms with Crippen molar-refractivity contribution in [1.29, 1.82) is 0 Å². The lowest BCUT2D eigenvalue weighted by molar-refractivity contribution is -0.136. The van der Waals surface area contributed by atoms with Gasteiger partial charge in [0.2, 0.25) is 5.91 Å². The number of rotatable bonds is 7. The van der Waals surface area contributed by atoms with Crippen LogP contribution in [0.2, 0.25) is 0 Å². The van der Waals surface area contributed by atoms with Crippen LogP contribution in [-0.4, -0.2) is 78.2 Å².